The molecule has 0 aliphatic carbocycles. The second kappa shape index (κ2) is 8.37. The molecule has 6 nitrogen and oxygen atoms in total. The van der Waals surface area contributed by atoms with Gasteiger partial charge >= 0.3 is 11.9 Å². The number of hydrogen-bond donors (Lipinski definition) is 0. The molecule has 1 heterocycles. The van der Waals surface area contributed by atoms with Gasteiger partial charge in [-0.05, 0) is 19.9 Å². The standard InChI is InChI=1S/C14H21NO5/c1-4-19-12(16)7-9-15-8-6-11(10-18-3)13(15)14(17)20-5-2/h6,8H,4-5,7,9-10H2,1-3H3. The van der Waals surface area contributed by atoms with Crippen molar-refractivity contribution in [1.82, 2.24) is 4.57 Å². The predicted molar refractivity (Wildman–Crippen MR) is 72.4 cm³/mol. The molecule has 0 saturated carbocycles. The lowest BCUT2D eigenvalue weighted by molar-refractivity contribution is -0.143. The van der Waals surface area contributed by atoms with E-state index in [1.807, 2.05) is 0 Å². The average Bonchev–Trinajstić information content (AvgIpc) is 2.80. The average molecular weight is 283 g/mol. The predicted octanol–water partition coefficient (Wildman–Crippen LogP) is 1.76. The van der Waals surface area contributed by atoms with Crippen LogP contribution in [-0.4, -0.2) is 36.8 Å². The summed E-state index contributed by atoms with van der Waals surface area (Å²) in [6, 6.07) is 1.79. The molecule has 0 fully saturated rings. The highest BCUT2D eigenvalue weighted by atomic mass is 16.5. The molecule has 0 bridgehead atoms. The number of aromatic nitrogens is 1. The Labute approximate surface area is 118 Å². The minimum absolute atomic E-state index is 0.210. The van der Waals surface area contributed by atoms with Crippen LogP contribution >= 0.6 is 0 Å². The van der Waals surface area contributed by atoms with Crippen molar-refractivity contribution < 1.29 is 23.8 Å². The molecule has 1 aromatic rings. The van der Waals surface area contributed by atoms with Crippen molar-refractivity contribution in [2.45, 2.75) is 33.4 Å². The number of rotatable bonds is 8. The molecule has 0 N–H and O–H groups in total. The molecule has 0 aromatic carbocycles. The van der Waals surface area contributed by atoms with E-state index >= 15 is 0 Å². The Bertz CT molecular complexity index is 452. The minimum atomic E-state index is -0.409. The van der Waals surface area contributed by atoms with Gasteiger partial charge < -0.3 is 18.8 Å². The van der Waals surface area contributed by atoms with Gasteiger partial charge in [-0.25, -0.2) is 4.79 Å². The molecule has 0 saturated heterocycles. The number of nitrogens with zero attached hydrogens (tertiary/aromatic N) is 1. The fourth-order valence-electron chi connectivity index (χ4n) is 1.87. The van der Waals surface area contributed by atoms with Crippen LogP contribution in [0.5, 0.6) is 0 Å². The van der Waals surface area contributed by atoms with Crippen LogP contribution in [0.2, 0.25) is 0 Å². The summed E-state index contributed by atoms with van der Waals surface area (Å²) in [6.07, 6.45) is 1.96. The van der Waals surface area contributed by atoms with Crippen LogP contribution in [0.1, 0.15) is 36.3 Å². The monoisotopic (exact) mass is 283 g/mol. The Morgan fingerprint density at radius 1 is 1.20 bits per heavy atom. The lowest BCUT2D eigenvalue weighted by Gasteiger charge is -2.10. The van der Waals surface area contributed by atoms with Gasteiger partial charge in [-0.1, -0.05) is 0 Å². The molecule has 20 heavy (non-hydrogen) atoms. The van der Waals surface area contributed by atoms with E-state index in [1.165, 1.54) is 0 Å². The highest BCUT2D eigenvalue weighted by Crippen LogP contribution is 2.15. The molecular weight excluding hydrogens is 262 g/mol. The van der Waals surface area contributed by atoms with E-state index in [0.29, 0.717) is 32.1 Å². The van der Waals surface area contributed by atoms with Gasteiger partial charge in [0, 0.05) is 25.4 Å². The van der Waals surface area contributed by atoms with E-state index in [9.17, 15) is 9.59 Å². The zero-order valence-corrected chi connectivity index (χ0v) is 12.2. The number of hydrogen-bond acceptors (Lipinski definition) is 5. The largest absolute Gasteiger partial charge is 0.466 e. The summed E-state index contributed by atoms with van der Waals surface area (Å²) in [5.74, 6) is -0.697. The molecule has 0 spiro atoms. The maximum atomic E-state index is 12.0. The molecule has 1 aromatic heterocycles. The summed E-state index contributed by atoms with van der Waals surface area (Å²) in [5.41, 5.74) is 1.17. The fraction of sp³-hybridized carbons (Fsp3) is 0.571. The molecule has 0 radical (unpaired) electrons. The Kier molecular flexibility index (Phi) is 6.79. The van der Waals surface area contributed by atoms with E-state index in [4.69, 9.17) is 14.2 Å². The lowest BCUT2D eigenvalue weighted by Crippen LogP contribution is -2.16. The normalized spacial score (nSPS) is 10.3. The zero-order chi connectivity index (χ0) is 15.0. The lowest BCUT2D eigenvalue weighted by atomic mass is 10.2. The molecular formula is C14H21NO5. The van der Waals surface area contributed by atoms with E-state index in [0.717, 1.165) is 5.56 Å². The third-order valence-corrected chi connectivity index (χ3v) is 2.68. The Morgan fingerprint density at radius 2 is 1.90 bits per heavy atom. The Hall–Kier alpha value is -1.82. The number of methoxy groups -OCH3 is 1. The van der Waals surface area contributed by atoms with Gasteiger partial charge in [-0.2, -0.15) is 0 Å². The van der Waals surface area contributed by atoms with Crippen molar-refractivity contribution in [1.29, 1.82) is 0 Å². The van der Waals surface area contributed by atoms with Gasteiger partial charge in [0.15, 0.2) is 0 Å². The van der Waals surface area contributed by atoms with E-state index in [2.05, 4.69) is 0 Å². The molecule has 0 atom stereocenters. The third-order valence-electron chi connectivity index (χ3n) is 2.68. The van der Waals surface area contributed by atoms with Gasteiger partial charge in [-0.15, -0.1) is 0 Å². The summed E-state index contributed by atoms with van der Waals surface area (Å²) in [6.45, 7) is 4.85. The summed E-state index contributed by atoms with van der Waals surface area (Å²) in [4.78, 5) is 23.4. The van der Waals surface area contributed by atoms with Gasteiger partial charge in [0.05, 0.1) is 26.2 Å². The fourth-order valence-corrected chi connectivity index (χ4v) is 1.87. The maximum absolute atomic E-state index is 12.0. The van der Waals surface area contributed by atoms with E-state index in [-0.39, 0.29) is 12.4 Å². The number of carbonyl (C=O) groups excluding carboxylic acids is 2. The summed E-state index contributed by atoms with van der Waals surface area (Å²) < 4.78 is 16.7. The van der Waals surface area contributed by atoms with Gasteiger partial charge in [-0.3, -0.25) is 4.79 Å². The molecule has 0 aliphatic rings. The number of aryl methyl sites for hydroxylation is 1. The molecule has 6 heteroatoms. The summed E-state index contributed by atoms with van der Waals surface area (Å²) >= 11 is 0. The maximum Gasteiger partial charge on any atom is 0.355 e. The number of carbonyl (C=O) groups is 2. The Morgan fingerprint density at radius 3 is 2.50 bits per heavy atom. The smallest absolute Gasteiger partial charge is 0.355 e. The topological polar surface area (TPSA) is 66.8 Å². The van der Waals surface area contributed by atoms with Gasteiger partial charge in [0.2, 0.25) is 0 Å². The summed E-state index contributed by atoms with van der Waals surface area (Å²) in [5, 5.41) is 0. The SMILES string of the molecule is CCOC(=O)CCn1ccc(COC)c1C(=O)OCC. The first-order valence-corrected chi connectivity index (χ1v) is 6.63. The number of ether oxygens (including phenoxy) is 3. The van der Waals surface area contributed by atoms with Crippen LogP contribution in [0, 0.1) is 0 Å². The highest BCUT2D eigenvalue weighted by molar-refractivity contribution is 5.89. The van der Waals surface area contributed by atoms with Crippen LogP contribution < -0.4 is 0 Å². The first-order chi connectivity index (χ1) is 9.63. The molecule has 0 aliphatic heterocycles. The van der Waals surface area contributed by atoms with Crippen molar-refractivity contribution in [2.24, 2.45) is 0 Å². The van der Waals surface area contributed by atoms with E-state index in [1.54, 1.807) is 37.8 Å². The zero-order valence-electron chi connectivity index (χ0n) is 12.2. The molecule has 0 unspecified atom stereocenters. The van der Waals surface area contributed by atoms with Crippen molar-refractivity contribution >= 4 is 11.9 Å². The van der Waals surface area contributed by atoms with Crippen LogP contribution in [0.3, 0.4) is 0 Å². The van der Waals surface area contributed by atoms with Gasteiger partial charge in [0.25, 0.3) is 0 Å². The highest BCUT2D eigenvalue weighted by Gasteiger charge is 2.18. The van der Waals surface area contributed by atoms with E-state index < -0.39 is 5.97 Å². The quantitative estimate of drug-likeness (QED) is 0.680. The Balaban J connectivity index is 2.83. The van der Waals surface area contributed by atoms with Crippen LogP contribution in [-0.2, 0) is 32.2 Å². The molecule has 112 valence electrons. The summed E-state index contributed by atoms with van der Waals surface area (Å²) in [7, 11) is 1.56. The second-order valence-corrected chi connectivity index (χ2v) is 4.09. The van der Waals surface area contributed by atoms with Gasteiger partial charge in [0.1, 0.15) is 5.69 Å². The minimum Gasteiger partial charge on any atom is -0.466 e. The van der Waals surface area contributed by atoms with Crippen LogP contribution in [0.25, 0.3) is 0 Å². The first kappa shape index (κ1) is 16.2. The van der Waals surface area contributed by atoms with Crippen molar-refractivity contribution in [2.75, 3.05) is 20.3 Å². The first-order valence-electron chi connectivity index (χ1n) is 6.63. The molecule has 0 amide bonds. The van der Waals surface area contributed by atoms with Crippen molar-refractivity contribution in [3.05, 3.63) is 23.5 Å². The van der Waals surface area contributed by atoms with Crippen LogP contribution in [0.15, 0.2) is 12.3 Å². The second-order valence-electron chi connectivity index (χ2n) is 4.09. The molecule has 1 rings (SSSR count). The van der Waals surface area contributed by atoms with Crippen molar-refractivity contribution in [3.63, 3.8) is 0 Å². The van der Waals surface area contributed by atoms with Crippen molar-refractivity contribution in [3.8, 4) is 0 Å². The third kappa shape index (κ3) is 4.38. The van der Waals surface area contributed by atoms with Crippen LogP contribution in [0.4, 0.5) is 0 Å². The number of esters is 2.